The summed E-state index contributed by atoms with van der Waals surface area (Å²) in [5, 5.41) is 12.5. The smallest absolute Gasteiger partial charge is 0.142 e. The molecule has 0 aromatic heterocycles. The zero-order chi connectivity index (χ0) is 14.1. The van der Waals surface area contributed by atoms with Gasteiger partial charge in [0.25, 0.3) is 0 Å². The summed E-state index contributed by atoms with van der Waals surface area (Å²) in [6.07, 6.45) is -0.204. The summed E-state index contributed by atoms with van der Waals surface area (Å²) in [5.41, 5.74) is 0.594. The Labute approximate surface area is 122 Å². The van der Waals surface area contributed by atoms with Crippen molar-refractivity contribution < 1.29 is 9.13 Å². The molecule has 0 bridgehead atoms. The molecule has 0 radical (unpaired) electrons. The Bertz CT molecular complexity index is 560. The fraction of sp³-hybridized carbons (Fsp3) is 0.500. The number of morpholine rings is 1. The van der Waals surface area contributed by atoms with Crippen LogP contribution in [0.15, 0.2) is 12.1 Å². The van der Waals surface area contributed by atoms with Gasteiger partial charge in [0.1, 0.15) is 17.4 Å². The molecule has 2 saturated heterocycles. The number of halogens is 2. The van der Waals surface area contributed by atoms with E-state index in [9.17, 15) is 4.39 Å². The van der Waals surface area contributed by atoms with Crippen LogP contribution in [-0.2, 0) is 4.74 Å². The van der Waals surface area contributed by atoms with E-state index >= 15 is 0 Å². The molecular formula is C14H15ClFN3O. The summed E-state index contributed by atoms with van der Waals surface area (Å²) in [6, 6.07) is 5.10. The molecular weight excluding hydrogens is 281 g/mol. The van der Waals surface area contributed by atoms with Gasteiger partial charge in [0, 0.05) is 37.8 Å². The average molecular weight is 296 g/mol. The molecule has 0 amide bonds. The fourth-order valence-corrected chi connectivity index (χ4v) is 3.13. The molecule has 1 aromatic rings. The quantitative estimate of drug-likeness (QED) is 0.857. The van der Waals surface area contributed by atoms with Gasteiger partial charge in [0.15, 0.2) is 0 Å². The maximum absolute atomic E-state index is 13.5. The maximum Gasteiger partial charge on any atom is 0.142 e. The molecule has 2 heterocycles. The molecule has 0 aliphatic carbocycles. The summed E-state index contributed by atoms with van der Waals surface area (Å²) in [5.74, 6) is -0.586. The molecule has 3 rings (SSSR count). The van der Waals surface area contributed by atoms with E-state index in [2.05, 4.69) is 10.2 Å². The van der Waals surface area contributed by atoms with E-state index in [4.69, 9.17) is 21.6 Å². The van der Waals surface area contributed by atoms with E-state index in [1.165, 1.54) is 6.07 Å². The van der Waals surface area contributed by atoms with Crippen LogP contribution in [0.25, 0.3) is 0 Å². The van der Waals surface area contributed by atoms with Gasteiger partial charge in [-0.05, 0) is 6.07 Å². The largest absolute Gasteiger partial charge is 0.370 e. The number of nitriles is 1. The molecule has 2 aliphatic heterocycles. The first kappa shape index (κ1) is 13.8. The number of hydrogen-bond acceptors (Lipinski definition) is 4. The lowest BCUT2D eigenvalue weighted by Crippen LogP contribution is -2.57. The number of ether oxygens (including phenoxy) is 1. The second-order valence-electron chi connectivity index (χ2n) is 5.11. The maximum atomic E-state index is 13.5. The van der Waals surface area contributed by atoms with E-state index in [0.29, 0.717) is 18.2 Å². The third kappa shape index (κ3) is 2.40. The minimum Gasteiger partial charge on any atom is -0.370 e. The van der Waals surface area contributed by atoms with Gasteiger partial charge in [0.05, 0.1) is 17.7 Å². The third-order valence-corrected chi connectivity index (χ3v) is 4.35. The number of nitrogens with one attached hydrogen (secondary N) is 1. The van der Waals surface area contributed by atoms with Crippen LogP contribution < -0.4 is 5.32 Å². The Kier molecular flexibility index (Phi) is 3.90. The molecule has 20 heavy (non-hydrogen) atoms. The van der Waals surface area contributed by atoms with Gasteiger partial charge in [-0.2, -0.15) is 5.26 Å². The van der Waals surface area contributed by atoms with Gasteiger partial charge in [0.2, 0.25) is 0 Å². The highest BCUT2D eigenvalue weighted by atomic mass is 35.5. The number of piperazine rings is 1. The van der Waals surface area contributed by atoms with Crippen LogP contribution in [0.2, 0.25) is 5.02 Å². The normalized spacial score (nSPS) is 26.9. The van der Waals surface area contributed by atoms with Crippen molar-refractivity contribution in [3.05, 3.63) is 34.1 Å². The van der Waals surface area contributed by atoms with E-state index in [-0.39, 0.29) is 16.7 Å². The van der Waals surface area contributed by atoms with E-state index < -0.39 is 5.82 Å². The lowest BCUT2D eigenvalue weighted by Gasteiger charge is -2.42. The van der Waals surface area contributed by atoms with Crippen LogP contribution in [-0.4, -0.2) is 43.7 Å². The average Bonchev–Trinajstić information content (AvgIpc) is 2.47. The number of fused-ring (bicyclic) bond motifs is 1. The van der Waals surface area contributed by atoms with Gasteiger partial charge in [-0.15, -0.1) is 0 Å². The molecule has 6 heteroatoms. The summed E-state index contributed by atoms with van der Waals surface area (Å²) in [4.78, 5) is 2.36. The minimum absolute atomic E-state index is 0.102. The number of nitrogens with zero attached hydrogens (tertiary/aromatic N) is 2. The molecule has 2 fully saturated rings. The minimum atomic E-state index is -0.586. The van der Waals surface area contributed by atoms with E-state index in [0.717, 1.165) is 26.2 Å². The van der Waals surface area contributed by atoms with Gasteiger partial charge in [-0.3, -0.25) is 4.90 Å². The highest BCUT2D eigenvalue weighted by Gasteiger charge is 2.32. The van der Waals surface area contributed by atoms with E-state index in [1.54, 1.807) is 6.07 Å². The molecule has 1 aromatic carbocycles. The Hall–Kier alpha value is -1.19. The first-order valence-electron chi connectivity index (χ1n) is 6.65. The summed E-state index contributed by atoms with van der Waals surface area (Å²) in [7, 11) is 0. The third-order valence-electron chi connectivity index (χ3n) is 3.94. The van der Waals surface area contributed by atoms with Crippen molar-refractivity contribution >= 4 is 11.6 Å². The molecule has 1 unspecified atom stereocenters. The van der Waals surface area contributed by atoms with Crippen molar-refractivity contribution in [2.24, 2.45) is 0 Å². The van der Waals surface area contributed by atoms with Crippen molar-refractivity contribution in [1.29, 1.82) is 5.26 Å². The Morgan fingerprint density at radius 2 is 2.35 bits per heavy atom. The highest BCUT2D eigenvalue weighted by molar-refractivity contribution is 6.32. The van der Waals surface area contributed by atoms with Crippen LogP contribution in [0.1, 0.15) is 17.2 Å². The topological polar surface area (TPSA) is 48.3 Å². The Morgan fingerprint density at radius 1 is 1.50 bits per heavy atom. The predicted octanol–water partition coefficient (Wildman–Crippen LogP) is 1.70. The van der Waals surface area contributed by atoms with Gasteiger partial charge >= 0.3 is 0 Å². The zero-order valence-electron chi connectivity index (χ0n) is 10.9. The fourth-order valence-electron chi connectivity index (χ4n) is 2.81. The van der Waals surface area contributed by atoms with Crippen LogP contribution in [0, 0.1) is 17.1 Å². The second-order valence-corrected chi connectivity index (χ2v) is 5.49. The standard InChI is InChI=1S/C14H15ClFN3O/c15-14-10(1-2-12(16)11(14)5-17)13-7-19-4-3-18-6-9(19)8-20-13/h1-2,9,13,18H,3-4,6-8H2/t9?,13-/m0/s1. The van der Waals surface area contributed by atoms with Crippen molar-refractivity contribution in [3.8, 4) is 6.07 Å². The van der Waals surface area contributed by atoms with Crippen LogP contribution in [0.5, 0.6) is 0 Å². The van der Waals surface area contributed by atoms with Gasteiger partial charge in [-0.25, -0.2) is 4.39 Å². The Morgan fingerprint density at radius 3 is 3.15 bits per heavy atom. The molecule has 2 atom stereocenters. The first-order chi connectivity index (χ1) is 9.70. The van der Waals surface area contributed by atoms with Crippen molar-refractivity contribution in [2.75, 3.05) is 32.8 Å². The first-order valence-corrected chi connectivity index (χ1v) is 7.03. The molecule has 1 N–H and O–H groups in total. The van der Waals surface area contributed by atoms with Crippen LogP contribution in [0.4, 0.5) is 4.39 Å². The number of rotatable bonds is 1. The Balaban J connectivity index is 1.85. The van der Waals surface area contributed by atoms with Crippen molar-refractivity contribution in [1.82, 2.24) is 10.2 Å². The molecule has 0 saturated carbocycles. The van der Waals surface area contributed by atoms with Crippen LogP contribution in [0.3, 0.4) is 0 Å². The van der Waals surface area contributed by atoms with Crippen LogP contribution >= 0.6 is 11.6 Å². The van der Waals surface area contributed by atoms with Crippen molar-refractivity contribution in [2.45, 2.75) is 12.1 Å². The lowest BCUT2D eigenvalue weighted by molar-refractivity contribution is -0.0717. The zero-order valence-corrected chi connectivity index (χ0v) is 11.7. The van der Waals surface area contributed by atoms with Gasteiger partial charge in [-0.1, -0.05) is 17.7 Å². The summed E-state index contributed by atoms with van der Waals surface area (Å²) in [6.45, 7) is 4.20. The monoisotopic (exact) mass is 295 g/mol. The lowest BCUT2D eigenvalue weighted by atomic mass is 10.0. The second kappa shape index (κ2) is 5.66. The number of benzene rings is 1. The summed E-state index contributed by atoms with van der Waals surface area (Å²) < 4.78 is 19.4. The number of hydrogen-bond donors (Lipinski definition) is 1. The van der Waals surface area contributed by atoms with Gasteiger partial charge < -0.3 is 10.1 Å². The van der Waals surface area contributed by atoms with Crippen molar-refractivity contribution in [3.63, 3.8) is 0 Å². The predicted molar refractivity (Wildman–Crippen MR) is 73.0 cm³/mol. The SMILES string of the molecule is N#Cc1c(F)ccc([C@@H]2CN3CCNCC3CO2)c1Cl. The van der Waals surface area contributed by atoms with E-state index in [1.807, 2.05) is 6.07 Å². The molecule has 4 nitrogen and oxygen atoms in total. The highest BCUT2D eigenvalue weighted by Crippen LogP contribution is 2.33. The molecule has 0 spiro atoms. The molecule has 106 valence electrons. The summed E-state index contributed by atoms with van der Waals surface area (Å²) >= 11 is 6.15. The molecule has 2 aliphatic rings.